The minimum absolute atomic E-state index is 0.102. The van der Waals surface area contributed by atoms with Crippen LogP contribution in [0, 0.1) is 5.41 Å². The van der Waals surface area contributed by atoms with Gasteiger partial charge in [0.05, 0.1) is 6.10 Å². The van der Waals surface area contributed by atoms with Crippen LogP contribution < -0.4 is 5.32 Å². The van der Waals surface area contributed by atoms with Crippen molar-refractivity contribution in [3.05, 3.63) is 0 Å². The molecule has 2 rings (SSSR count). The summed E-state index contributed by atoms with van der Waals surface area (Å²) in [5.41, 5.74) is 0.439. The standard InChI is InChI=1S/C13H26N2O/c1-13(6-8-15(2)9-7-13)10-14-11-4-3-5-12(11)16/h11-12,14,16H,3-10H2,1-2H3/t11-,12-/m1/s1. The van der Waals surface area contributed by atoms with Crippen molar-refractivity contribution in [3.63, 3.8) is 0 Å². The number of nitrogens with zero attached hydrogens (tertiary/aromatic N) is 1. The van der Waals surface area contributed by atoms with Crippen molar-refractivity contribution in [1.82, 2.24) is 10.2 Å². The molecule has 0 radical (unpaired) electrons. The monoisotopic (exact) mass is 226 g/mol. The third-order valence-corrected chi connectivity index (χ3v) is 4.46. The molecule has 1 saturated heterocycles. The van der Waals surface area contributed by atoms with Crippen molar-refractivity contribution in [2.75, 3.05) is 26.7 Å². The molecule has 2 aliphatic rings. The molecule has 2 N–H and O–H groups in total. The van der Waals surface area contributed by atoms with Crippen LogP contribution in [0.15, 0.2) is 0 Å². The van der Waals surface area contributed by atoms with Crippen molar-refractivity contribution >= 4 is 0 Å². The van der Waals surface area contributed by atoms with Gasteiger partial charge in [-0.1, -0.05) is 6.92 Å². The smallest absolute Gasteiger partial charge is 0.0693 e. The second-order valence-corrected chi connectivity index (χ2v) is 6.10. The maximum absolute atomic E-state index is 9.77. The lowest BCUT2D eigenvalue weighted by atomic mass is 9.80. The lowest BCUT2D eigenvalue weighted by Crippen LogP contribution is -2.46. The summed E-state index contributed by atoms with van der Waals surface area (Å²) in [7, 11) is 2.20. The van der Waals surface area contributed by atoms with Crippen molar-refractivity contribution in [2.45, 2.75) is 51.2 Å². The first kappa shape index (κ1) is 12.3. The highest BCUT2D eigenvalue weighted by Crippen LogP contribution is 2.30. The third kappa shape index (κ3) is 2.96. The molecule has 2 fully saturated rings. The van der Waals surface area contributed by atoms with Gasteiger partial charge in [0, 0.05) is 12.6 Å². The van der Waals surface area contributed by atoms with Gasteiger partial charge in [-0.2, -0.15) is 0 Å². The number of hydrogen-bond donors (Lipinski definition) is 2. The summed E-state index contributed by atoms with van der Waals surface area (Å²) in [4.78, 5) is 2.41. The topological polar surface area (TPSA) is 35.5 Å². The zero-order valence-corrected chi connectivity index (χ0v) is 10.7. The van der Waals surface area contributed by atoms with Gasteiger partial charge < -0.3 is 15.3 Å². The molecule has 16 heavy (non-hydrogen) atoms. The van der Waals surface area contributed by atoms with Crippen molar-refractivity contribution in [1.29, 1.82) is 0 Å². The van der Waals surface area contributed by atoms with Gasteiger partial charge in [0.15, 0.2) is 0 Å². The molecule has 1 saturated carbocycles. The van der Waals surface area contributed by atoms with Crippen molar-refractivity contribution in [3.8, 4) is 0 Å². The van der Waals surface area contributed by atoms with E-state index in [2.05, 4.69) is 24.2 Å². The van der Waals surface area contributed by atoms with Crippen LogP contribution >= 0.6 is 0 Å². The number of nitrogens with one attached hydrogen (secondary N) is 1. The zero-order valence-electron chi connectivity index (χ0n) is 10.7. The Balaban J connectivity index is 1.76. The first-order valence-electron chi connectivity index (χ1n) is 6.69. The molecule has 1 aliphatic carbocycles. The van der Waals surface area contributed by atoms with Crippen LogP contribution in [0.3, 0.4) is 0 Å². The average Bonchev–Trinajstić information content (AvgIpc) is 2.67. The minimum Gasteiger partial charge on any atom is -0.392 e. The fourth-order valence-electron chi connectivity index (χ4n) is 2.89. The molecule has 2 atom stereocenters. The highest BCUT2D eigenvalue weighted by Gasteiger charge is 2.31. The Morgan fingerprint density at radius 3 is 2.56 bits per heavy atom. The molecule has 0 aromatic heterocycles. The largest absolute Gasteiger partial charge is 0.392 e. The molecule has 0 amide bonds. The van der Waals surface area contributed by atoms with E-state index in [-0.39, 0.29) is 6.10 Å². The fraction of sp³-hybridized carbons (Fsp3) is 1.00. The Labute approximate surface area is 99.2 Å². The number of aliphatic hydroxyl groups excluding tert-OH is 1. The quantitative estimate of drug-likeness (QED) is 0.759. The summed E-state index contributed by atoms with van der Waals surface area (Å²) < 4.78 is 0. The Bertz CT molecular complexity index is 224. The van der Waals surface area contributed by atoms with Crippen LogP contribution in [-0.2, 0) is 0 Å². The molecule has 1 aliphatic heterocycles. The van der Waals surface area contributed by atoms with Crippen LogP contribution in [0.2, 0.25) is 0 Å². The molecule has 0 bridgehead atoms. The summed E-state index contributed by atoms with van der Waals surface area (Å²) in [6.45, 7) is 5.88. The molecule has 1 heterocycles. The number of aliphatic hydroxyl groups is 1. The van der Waals surface area contributed by atoms with Crippen LogP contribution in [0.4, 0.5) is 0 Å². The Kier molecular flexibility index (Phi) is 3.88. The van der Waals surface area contributed by atoms with E-state index in [0.717, 1.165) is 19.4 Å². The first-order valence-corrected chi connectivity index (χ1v) is 6.69. The van der Waals surface area contributed by atoms with E-state index in [1.165, 1.54) is 32.4 Å². The average molecular weight is 226 g/mol. The van der Waals surface area contributed by atoms with Gasteiger partial charge >= 0.3 is 0 Å². The highest BCUT2D eigenvalue weighted by atomic mass is 16.3. The van der Waals surface area contributed by atoms with Crippen molar-refractivity contribution in [2.24, 2.45) is 5.41 Å². The molecular formula is C13H26N2O. The first-order chi connectivity index (χ1) is 7.59. The van der Waals surface area contributed by atoms with Gasteiger partial charge in [0.1, 0.15) is 0 Å². The lowest BCUT2D eigenvalue weighted by molar-refractivity contribution is 0.110. The number of likely N-dealkylation sites (tertiary alicyclic amines) is 1. The van der Waals surface area contributed by atoms with Gasteiger partial charge in [0.2, 0.25) is 0 Å². The second-order valence-electron chi connectivity index (χ2n) is 6.10. The van der Waals surface area contributed by atoms with E-state index in [1.54, 1.807) is 0 Å². The molecular weight excluding hydrogens is 200 g/mol. The Morgan fingerprint density at radius 1 is 1.31 bits per heavy atom. The summed E-state index contributed by atoms with van der Waals surface area (Å²) in [6, 6.07) is 0.358. The molecule has 0 aromatic carbocycles. The molecule has 0 unspecified atom stereocenters. The van der Waals surface area contributed by atoms with E-state index in [9.17, 15) is 5.11 Å². The Morgan fingerprint density at radius 2 is 2.00 bits per heavy atom. The normalized spacial score (nSPS) is 35.4. The van der Waals surface area contributed by atoms with E-state index in [1.807, 2.05) is 0 Å². The third-order valence-electron chi connectivity index (χ3n) is 4.46. The summed E-state index contributed by atoms with van der Waals surface area (Å²) in [5, 5.41) is 13.4. The molecule has 0 aromatic rings. The SMILES string of the molecule is CN1CCC(C)(CN[C@@H]2CCC[C@H]2O)CC1. The van der Waals surface area contributed by atoms with Crippen LogP contribution in [0.25, 0.3) is 0 Å². The van der Waals surface area contributed by atoms with Gasteiger partial charge in [0.25, 0.3) is 0 Å². The van der Waals surface area contributed by atoms with Gasteiger partial charge in [-0.25, -0.2) is 0 Å². The maximum Gasteiger partial charge on any atom is 0.0693 e. The van der Waals surface area contributed by atoms with Crippen LogP contribution in [0.5, 0.6) is 0 Å². The fourth-order valence-corrected chi connectivity index (χ4v) is 2.89. The van der Waals surface area contributed by atoms with E-state index in [4.69, 9.17) is 0 Å². The molecule has 3 heteroatoms. The number of piperidine rings is 1. The van der Waals surface area contributed by atoms with Crippen LogP contribution in [0.1, 0.15) is 39.0 Å². The second kappa shape index (κ2) is 5.03. The summed E-state index contributed by atoms with van der Waals surface area (Å²) in [6.07, 6.45) is 5.76. The number of rotatable bonds is 3. The summed E-state index contributed by atoms with van der Waals surface area (Å²) >= 11 is 0. The number of hydrogen-bond acceptors (Lipinski definition) is 3. The maximum atomic E-state index is 9.77. The van der Waals surface area contributed by atoms with E-state index < -0.39 is 0 Å². The molecule has 3 nitrogen and oxygen atoms in total. The predicted octanol–water partition coefficient (Wildman–Crippen LogP) is 1.22. The van der Waals surface area contributed by atoms with E-state index >= 15 is 0 Å². The molecule has 94 valence electrons. The minimum atomic E-state index is -0.102. The lowest BCUT2D eigenvalue weighted by Gasteiger charge is -2.39. The summed E-state index contributed by atoms with van der Waals surface area (Å²) in [5.74, 6) is 0. The van der Waals surface area contributed by atoms with Crippen LogP contribution in [-0.4, -0.2) is 48.8 Å². The van der Waals surface area contributed by atoms with Gasteiger partial charge in [-0.15, -0.1) is 0 Å². The zero-order chi connectivity index (χ0) is 11.6. The van der Waals surface area contributed by atoms with E-state index in [0.29, 0.717) is 11.5 Å². The van der Waals surface area contributed by atoms with Gasteiger partial charge in [-0.3, -0.25) is 0 Å². The Hall–Kier alpha value is -0.120. The molecule has 0 spiro atoms. The highest BCUT2D eigenvalue weighted by molar-refractivity contribution is 4.88. The predicted molar refractivity (Wildman–Crippen MR) is 66.5 cm³/mol. The van der Waals surface area contributed by atoms with Gasteiger partial charge in [-0.05, 0) is 57.7 Å². The van der Waals surface area contributed by atoms with Crippen molar-refractivity contribution < 1.29 is 5.11 Å².